The first-order chi connectivity index (χ1) is 18.1. The molecule has 0 unspecified atom stereocenters. The van der Waals surface area contributed by atoms with Crippen molar-refractivity contribution >= 4 is 21.7 Å². The van der Waals surface area contributed by atoms with Crippen LogP contribution in [0.2, 0.25) is 0 Å². The SMILES string of the molecule is NS(=O)(=O)c1cccc(-c2c(-c3ccc(F)cc3)nc(C(F)(F)F)nc2N2CCN(C(=O)C(F)(F)F)CC2)c1. The van der Waals surface area contributed by atoms with Crippen LogP contribution in [0.5, 0.6) is 0 Å². The average molecular weight is 577 g/mol. The molecule has 0 aliphatic carbocycles. The van der Waals surface area contributed by atoms with Crippen LogP contribution in [-0.4, -0.2) is 61.5 Å². The van der Waals surface area contributed by atoms with E-state index < -0.39 is 53.0 Å². The van der Waals surface area contributed by atoms with Crippen LogP contribution in [0.3, 0.4) is 0 Å². The van der Waals surface area contributed by atoms with Gasteiger partial charge in [0, 0.05) is 31.7 Å². The number of anilines is 1. The first kappa shape index (κ1) is 28.2. The molecule has 1 fully saturated rings. The Labute approximate surface area is 216 Å². The second-order valence-electron chi connectivity index (χ2n) is 8.45. The number of primary sulfonamides is 1. The summed E-state index contributed by atoms with van der Waals surface area (Å²) in [7, 11) is -4.25. The smallest absolute Gasteiger partial charge is 0.352 e. The van der Waals surface area contributed by atoms with Crippen LogP contribution in [-0.2, 0) is 21.0 Å². The Morgan fingerprint density at radius 2 is 1.49 bits per heavy atom. The number of benzene rings is 2. The number of hydrogen-bond acceptors (Lipinski definition) is 6. The van der Waals surface area contributed by atoms with Gasteiger partial charge in [0.25, 0.3) is 0 Å². The maximum Gasteiger partial charge on any atom is 0.471 e. The molecule has 8 nitrogen and oxygen atoms in total. The summed E-state index contributed by atoms with van der Waals surface area (Å²) in [5, 5.41) is 5.22. The number of aromatic nitrogens is 2. The Morgan fingerprint density at radius 1 is 0.872 bits per heavy atom. The van der Waals surface area contributed by atoms with Crippen LogP contribution in [0.4, 0.5) is 36.6 Å². The van der Waals surface area contributed by atoms with Crippen molar-refractivity contribution in [2.24, 2.45) is 5.14 Å². The molecule has 3 aromatic rings. The van der Waals surface area contributed by atoms with Gasteiger partial charge in [-0.2, -0.15) is 26.3 Å². The predicted octanol–water partition coefficient (Wildman–Crippen LogP) is 3.83. The number of carbonyl (C=O) groups is 1. The second kappa shape index (κ2) is 10.1. The van der Waals surface area contributed by atoms with Gasteiger partial charge in [0.2, 0.25) is 15.8 Å². The topological polar surface area (TPSA) is 109 Å². The lowest BCUT2D eigenvalue weighted by Gasteiger charge is -2.37. The van der Waals surface area contributed by atoms with E-state index in [2.05, 4.69) is 9.97 Å². The first-order valence-corrected chi connectivity index (χ1v) is 12.6. The van der Waals surface area contributed by atoms with E-state index in [1.807, 2.05) is 0 Å². The van der Waals surface area contributed by atoms with Crippen molar-refractivity contribution in [3.8, 4) is 22.4 Å². The Morgan fingerprint density at radius 3 is 2.03 bits per heavy atom. The summed E-state index contributed by atoms with van der Waals surface area (Å²) < 4.78 is 118. The number of nitrogens with two attached hydrogens (primary N) is 1. The minimum Gasteiger partial charge on any atom is -0.352 e. The normalized spacial score (nSPS) is 15.0. The van der Waals surface area contributed by atoms with Crippen molar-refractivity contribution in [2.75, 3.05) is 31.1 Å². The highest BCUT2D eigenvalue weighted by molar-refractivity contribution is 7.89. The van der Waals surface area contributed by atoms with E-state index in [1.165, 1.54) is 17.0 Å². The highest BCUT2D eigenvalue weighted by atomic mass is 32.2. The lowest BCUT2D eigenvalue weighted by Crippen LogP contribution is -2.52. The third-order valence-electron chi connectivity index (χ3n) is 5.82. The molecule has 0 bridgehead atoms. The number of hydrogen-bond donors (Lipinski definition) is 1. The molecule has 0 radical (unpaired) electrons. The van der Waals surface area contributed by atoms with Crippen LogP contribution in [0.25, 0.3) is 22.4 Å². The number of carbonyl (C=O) groups excluding carboxylic acids is 1. The van der Waals surface area contributed by atoms with Crippen LogP contribution in [0, 0.1) is 5.82 Å². The third-order valence-corrected chi connectivity index (χ3v) is 6.73. The molecule has 0 saturated carbocycles. The molecule has 2 aromatic carbocycles. The van der Waals surface area contributed by atoms with E-state index >= 15 is 0 Å². The van der Waals surface area contributed by atoms with Crippen LogP contribution in [0.1, 0.15) is 5.82 Å². The molecule has 1 saturated heterocycles. The standard InChI is InChI=1S/C23H18F7N5O3S/c24-15-6-4-13(5-7-15)18-17(14-2-1-3-16(12-14)39(31,37)38)19(33-20(32-18)22(25,26)27)34-8-10-35(11-9-34)21(36)23(28,29)30/h1-7,12H,8-11H2,(H2,31,37,38). The molecule has 208 valence electrons. The molecule has 39 heavy (non-hydrogen) atoms. The van der Waals surface area contributed by atoms with Gasteiger partial charge in [-0.1, -0.05) is 12.1 Å². The van der Waals surface area contributed by atoms with Crippen LogP contribution < -0.4 is 10.0 Å². The van der Waals surface area contributed by atoms with Crippen molar-refractivity contribution in [2.45, 2.75) is 17.2 Å². The van der Waals surface area contributed by atoms with Gasteiger partial charge >= 0.3 is 18.3 Å². The Hall–Kier alpha value is -3.79. The van der Waals surface area contributed by atoms with E-state index in [0.717, 1.165) is 36.4 Å². The molecule has 16 heteroatoms. The van der Waals surface area contributed by atoms with E-state index in [4.69, 9.17) is 5.14 Å². The molecule has 2 heterocycles. The lowest BCUT2D eigenvalue weighted by molar-refractivity contribution is -0.185. The van der Waals surface area contributed by atoms with Gasteiger partial charge in [-0.05, 0) is 42.0 Å². The monoisotopic (exact) mass is 577 g/mol. The number of alkyl halides is 6. The molecule has 4 rings (SSSR count). The zero-order valence-corrected chi connectivity index (χ0v) is 20.4. The number of halogens is 7. The molecule has 1 amide bonds. The fourth-order valence-corrected chi connectivity index (χ4v) is 4.58. The quantitative estimate of drug-likeness (QED) is 0.473. The first-order valence-electron chi connectivity index (χ1n) is 11.0. The number of rotatable bonds is 4. The largest absolute Gasteiger partial charge is 0.471 e. The molecular formula is C23H18F7N5O3S. The maximum absolute atomic E-state index is 13.9. The summed E-state index contributed by atoms with van der Waals surface area (Å²) >= 11 is 0. The van der Waals surface area contributed by atoms with Gasteiger partial charge < -0.3 is 9.80 Å². The molecule has 1 aliphatic heterocycles. The van der Waals surface area contributed by atoms with Gasteiger partial charge in [0.1, 0.15) is 11.6 Å². The van der Waals surface area contributed by atoms with Crippen molar-refractivity contribution in [1.82, 2.24) is 14.9 Å². The van der Waals surface area contributed by atoms with Crippen molar-refractivity contribution in [3.63, 3.8) is 0 Å². The molecule has 1 aliphatic rings. The molecule has 1 aromatic heterocycles. The summed E-state index contributed by atoms with van der Waals surface area (Å²) in [4.78, 5) is 20.4. The minimum absolute atomic E-state index is 0.0208. The number of sulfonamides is 1. The molecule has 2 N–H and O–H groups in total. The fourth-order valence-electron chi connectivity index (χ4n) is 4.02. The van der Waals surface area contributed by atoms with E-state index in [9.17, 15) is 43.9 Å². The zero-order valence-electron chi connectivity index (χ0n) is 19.6. The third kappa shape index (κ3) is 6.11. The van der Waals surface area contributed by atoms with E-state index in [-0.39, 0.29) is 46.2 Å². The second-order valence-corrected chi connectivity index (χ2v) is 10.0. The predicted molar refractivity (Wildman–Crippen MR) is 124 cm³/mol. The van der Waals surface area contributed by atoms with Crippen molar-refractivity contribution in [1.29, 1.82) is 0 Å². The van der Waals surface area contributed by atoms with Gasteiger partial charge in [0.05, 0.1) is 16.2 Å². The number of nitrogens with zero attached hydrogens (tertiary/aromatic N) is 4. The molecular weight excluding hydrogens is 559 g/mol. The highest BCUT2D eigenvalue weighted by Gasteiger charge is 2.44. The summed E-state index contributed by atoms with van der Waals surface area (Å²) in [6.45, 7) is -1.62. The average Bonchev–Trinajstić information content (AvgIpc) is 2.86. The van der Waals surface area contributed by atoms with Gasteiger partial charge in [-0.15, -0.1) is 0 Å². The van der Waals surface area contributed by atoms with Crippen molar-refractivity contribution < 1.29 is 43.9 Å². The Bertz CT molecular complexity index is 1500. The van der Waals surface area contributed by atoms with E-state index in [0.29, 0.717) is 4.90 Å². The summed E-state index contributed by atoms with van der Waals surface area (Å²) in [6, 6.07) is 9.17. The number of amides is 1. The Balaban J connectivity index is 1.93. The van der Waals surface area contributed by atoms with Gasteiger partial charge in [-0.25, -0.2) is 27.9 Å². The van der Waals surface area contributed by atoms with Gasteiger partial charge in [0.15, 0.2) is 0 Å². The van der Waals surface area contributed by atoms with Crippen LogP contribution in [0.15, 0.2) is 53.4 Å². The molecule has 0 spiro atoms. The fraction of sp³-hybridized carbons (Fsp3) is 0.261. The maximum atomic E-state index is 13.9. The Kier molecular flexibility index (Phi) is 7.29. The molecule has 0 atom stereocenters. The van der Waals surface area contributed by atoms with E-state index in [1.54, 1.807) is 0 Å². The van der Waals surface area contributed by atoms with Gasteiger partial charge in [-0.3, -0.25) is 4.79 Å². The number of piperazine rings is 1. The summed E-state index contributed by atoms with van der Waals surface area (Å²) in [5.41, 5.74) is -0.394. The van der Waals surface area contributed by atoms with Crippen LogP contribution >= 0.6 is 0 Å². The summed E-state index contributed by atoms with van der Waals surface area (Å²) in [6.07, 6.45) is -10.2. The highest BCUT2D eigenvalue weighted by Crippen LogP contribution is 2.41. The lowest BCUT2D eigenvalue weighted by atomic mass is 9.98. The minimum atomic E-state index is -5.13. The summed E-state index contributed by atoms with van der Waals surface area (Å²) in [5.74, 6) is -4.74. The zero-order chi connectivity index (χ0) is 28.8. The van der Waals surface area contributed by atoms with Crippen molar-refractivity contribution in [3.05, 3.63) is 60.2 Å².